The van der Waals surface area contributed by atoms with Gasteiger partial charge in [-0.2, -0.15) is 0 Å². The second kappa shape index (κ2) is 24.9. The smallest absolute Gasteiger partial charge is 0.342 e. The Morgan fingerprint density at radius 1 is 0.941 bits per heavy atom. The fourth-order valence-corrected chi connectivity index (χ4v) is 8.44. The first-order valence-electron chi connectivity index (χ1n) is 23.0. The summed E-state index contributed by atoms with van der Waals surface area (Å²) in [5.41, 5.74) is 0.891. The summed E-state index contributed by atoms with van der Waals surface area (Å²) in [6.07, 6.45) is -4.68. The number of rotatable bonds is 12. The number of hydrogen-bond acceptors (Lipinski definition) is 18. The number of phenolic OH excluding ortho intramolecular Hbond substituents is 2. The van der Waals surface area contributed by atoms with Crippen LogP contribution in [-0.4, -0.2) is 153 Å². The van der Waals surface area contributed by atoms with E-state index in [0.717, 1.165) is 6.07 Å². The van der Waals surface area contributed by atoms with E-state index in [1.807, 2.05) is 32.9 Å². The number of phenols is 2. The second-order valence-corrected chi connectivity index (χ2v) is 18.2. The van der Waals surface area contributed by atoms with E-state index < -0.39 is 116 Å². The van der Waals surface area contributed by atoms with Gasteiger partial charge in [0.1, 0.15) is 53.2 Å². The van der Waals surface area contributed by atoms with Crippen molar-refractivity contribution in [2.75, 3.05) is 13.7 Å². The molecule has 0 aromatic heterocycles. The zero-order valence-corrected chi connectivity index (χ0v) is 40.9. The van der Waals surface area contributed by atoms with E-state index in [-0.39, 0.29) is 42.1 Å². The Labute approximate surface area is 398 Å². The van der Waals surface area contributed by atoms with E-state index in [4.69, 9.17) is 37.9 Å². The average molecular weight is 961 g/mol. The van der Waals surface area contributed by atoms with Crippen LogP contribution in [0.4, 0.5) is 0 Å². The van der Waals surface area contributed by atoms with Crippen LogP contribution in [0.1, 0.15) is 104 Å². The van der Waals surface area contributed by atoms with E-state index in [2.05, 4.69) is 0 Å². The molecule has 4 rings (SSSR count). The summed E-state index contributed by atoms with van der Waals surface area (Å²) in [7, 11) is 1.29. The average Bonchev–Trinajstić information content (AvgIpc) is 3.26. The predicted molar refractivity (Wildman–Crippen MR) is 246 cm³/mol. The Morgan fingerprint density at radius 3 is 2.25 bits per heavy atom. The van der Waals surface area contributed by atoms with Gasteiger partial charge in [0, 0.05) is 32.4 Å². The molecule has 0 aliphatic carbocycles. The van der Waals surface area contributed by atoms with E-state index in [9.17, 15) is 50.1 Å². The third-order valence-corrected chi connectivity index (χ3v) is 12.3. The van der Waals surface area contributed by atoms with Gasteiger partial charge in [-0.05, 0) is 96.6 Å². The molecule has 3 aliphatic rings. The number of benzene rings is 1. The number of aromatic hydroxyl groups is 2. The number of methoxy groups -OCH3 is 1. The van der Waals surface area contributed by atoms with Gasteiger partial charge < -0.3 is 73.6 Å². The van der Waals surface area contributed by atoms with Crippen LogP contribution >= 0.6 is 0 Å². The molecule has 68 heavy (non-hydrogen) atoms. The van der Waals surface area contributed by atoms with Gasteiger partial charge in [-0.25, -0.2) is 9.59 Å². The summed E-state index contributed by atoms with van der Waals surface area (Å²) in [4.78, 5) is 39.0. The highest BCUT2D eigenvalue weighted by Crippen LogP contribution is 2.36. The Bertz CT molecular complexity index is 2050. The number of hydrogen-bond donors (Lipinski definition) is 7. The van der Waals surface area contributed by atoms with Crippen molar-refractivity contribution in [1.29, 1.82) is 0 Å². The number of allylic oxidation sites excluding steroid dienone is 4. The molecule has 380 valence electrons. The second-order valence-electron chi connectivity index (χ2n) is 18.2. The van der Waals surface area contributed by atoms with Gasteiger partial charge in [0.25, 0.3) is 0 Å². The van der Waals surface area contributed by atoms with Crippen LogP contribution in [0.3, 0.4) is 0 Å². The molecule has 0 unspecified atom stereocenters. The number of cyclic esters (lactones) is 1. The largest absolute Gasteiger partial charge is 0.508 e. The molecule has 7 N–H and O–H groups in total. The zero-order valence-electron chi connectivity index (χ0n) is 40.9. The third kappa shape index (κ3) is 14.3. The summed E-state index contributed by atoms with van der Waals surface area (Å²) in [6.45, 7) is 16.1. The molecule has 14 atom stereocenters. The summed E-state index contributed by atoms with van der Waals surface area (Å²) in [5.74, 6) is -3.55. The monoisotopic (exact) mass is 960 g/mol. The highest BCUT2D eigenvalue weighted by molar-refractivity contribution is 5.94. The molecule has 1 aromatic rings. The van der Waals surface area contributed by atoms with Crippen molar-refractivity contribution in [2.45, 2.75) is 180 Å². The fourth-order valence-electron chi connectivity index (χ4n) is 8.44. The fraction of sp³-hybridized carbons (Fsp3) is 0.620. The van der Waals surface area contributed by atoms with E-state index >= 15 is 0 Å². The van der Waals surface area contributed by atoms with Gasteiger partial charge in [-0.3, -0.25) is 4.79 Å². The number of esters is 3. The Hall–Kier alpha value is -4.47. The van der Waals surface area contributed by atoms with Crippen molar-refractivity contribution in [3.63, 3.8) is 0 Å². The molecule has 0 radical (unpaired) electrons. The number of carbonyl (C=O) groups is 3. The lowest BCUT2D eigenvalue weighted by Crippen LogP contribution is -2.64. The van der Waals surface area contributed by atoms with Crippen LogP contribution in [0.2, 0.25) is 0 Å². The maximum absolute atomic E-state index is 13.9. The van der Waals surface area contributed by atoms with E-state index in [0.29, 0.717) is 28.7 Å². The Morgan fingerprint density at radius 2 is 1.63 bits per heavy atom. The molecule has 0 amide bonds. The summed E-state index contributed by atoms with van der Waals surface area (Å²) >= 11 is 0. The maximum Gasteiger partial charge on any atom is 0.342 e. The molecule has 0 bridgehead atoms. The minimum Gasteiger partial charge on any atom is -0.508 e. The molecule has 0 spiro atoms. The number of aliphatic hydroxyl groups is 5. The highest BCUT2D eigenvalue weighted by Gasteiger charge is 2.52. The molecule has 0 saturated carbocycles. The molecule has 2 saturated heterocycles. The van der Waals surface area contributed by atoms with Gasteiger partial charge >= 0.3 is 17.9 Å². The Balaban J connectivity index is 1.60. The lowest BCUT2D eigenvalue weighted by atomic mass is 9.88. The zero-order chi connectivity index (χ0) is 50.8. The summed E-state index contributed by atoms with van der Waals surface area (Å²) < 4.78 is 47.1. The van der Waals surface area contributed by atoms with Crippen molar-refractivity contribution in [3.05, 3.63) is 82.0 Å². The van der Waals surface area contributed by atoms with Crippen LogP contribution in [0.5, 0.6) is 11.5 Å². The lowest BCUT2D eigenvalue weighted by Gasteiger charge is -2.47. The predicted octanol–water partition coefficient (Wildman–Crippen LogP) is 4.29. The molecular weight excluding hydrogens is 889 g/mol. The summed E-state index contributed by atoms with van der Waals surface area (Å²) in [6, 6.07) is 2.34. The van der Waals surface area contributed by atoms with Crippen LogP contribution < -0.4 is 0 Å². The number of carbonyl (C=O) groups excluding carboxylic acids is 3. The third-order valence-electron chi connectivity index (χ3n) is 12.3. The number of ether oxygens (including phenoxy) is 8. The molecule has 3 aliphatic heterocycles. The number of aryl methyl sites for hydroxylation is 1. The van der Waals surface area contributed by atoms with Crippen molar-refractivity contribution < 1.29 is 88.0 Å². The maximum atomic E-state index is 13.9. The molecule has 2 fully saturated rings. The van der Waals surface area contributed by atoms with Crippen LogP contribution in [0.15, 0.2) is 70.9 Å². The SMILES string of the molecule is CCc1cc(O)cc(O)c1C(=O)O[C@H]1[C@H](O)[C@H](OC)[C@H](OC/C2=C\C=C\C[C@H](O)/C(C)=C/[C@H](CC)[C@@H](O[C@@H]3OC(C)(C)[C@@H](OC(C)=O)[C@H](O)[C@@H]3O)/C(C)=C/C(C)=C/C[C@@H]([C@@H](C)O)OC2=O)O[C@@H]1C. The molecule has 18 nitrogen and oxygen atoms in total. The summed E-state index contributed by atoms with van der Waals surface area (Å²) in [5, 5.41) is 76.2. The number of aliphatic hydroxyl groups excluding tert-OH is 5. The van der Waals surface area contributed by atoms with Crippen molar-refractivity contribution in [1.82, 2.24) is 0 Å². The first-order chi connectivity index (χ1) is 31.9. The Kier molecular flexibility index (Phi) is 20.5. The molecular formula is C50H72O18. The minimum absolute atomic E-state index is 0.0131. The van der Waals surface area contributed by atoms with Crippen molar-refractivity contribution in [3.8, 4) is 11.5 Å². The van der Waals surface area contributed by atoms with Gasteiger partial charge in [0.2, 0.25) is 0 Å². The lowest BCUT2D eigenvalue weighted by molar-refractivity contribution is -0.333. The van der Waals surface area contributed by atoms with Crippen molar-refractivity contribution in [2.24, 2.45) is 5.92 Å². The standard InChI is InChI=1S/C50H72O18/c1-12-31-22-34(53)23-36(55)38(31)47(60)66-43-29(7)63-49(44(61-11)41(43)58)62-24-33-16-14-15-17-35(54)26(4)21-32(13-2)42(27(5)20-25(3)18-19-37(28(6)51)65-46(33)59)67-48-40(57)39(56)45(64-30(8)52)50(9,10)68-48/h14-16,18,20-23,28-29,32,35,37,39-45,48-49,51,53-58H,12-13,17,19,24H2,1-11H3/b15-14+,25-18+,26-21+,27-20+,33-16+/t28-,29-,32+,35+,37+,39-,40+,41+,42+,43-,44+,45+,48-,49-/m1/s1. The van der Waals surface area contributed by atoms with Gasteiger partial charge in [-0.15, -0.1) is 0 Å². The molecule has 3 heterocycles. The van der Waals surface area contributed by atoms with Gasteiger partial charge in [0.15, 0.2) is 24.8 Å². The first kappa shape index (κ1) is 56.1. The van der Waals surface area contributed by atoms with Gasteiger partial charge in [0.05, 0.1) is 36.6 Å². The van der Waals surface area contributed by atoms with Gasteiger partial charge in [-0.1, -0.05) is 49.8 Å². The minimum atomic E-state index is -1.59. The topological polar surface area (TPSA) is 267 Å². The van der Waals surface area contributed by atoms with Crippen molar-refractivity contribution >= 4 is 17.9 Å². The van der Waals surface area contributed by atoms with E-state index in [1.165, 1.54) is 40.0 Å². The quantitative estimate of drug-likeness (QED) is 0.0875. The normalized spacial score (nSPS) is 36.1. The molecule has 1 aromatic carbocycles. The van der Waals surface area contributed by atoms with Crippen LogP contribution in [0.25, 0.3) is 0 Å². The van der Waals surface area contributed by atoms with Crippen LogP contribution in [-0.2, 0) is 53.9 Å². The van der Waals surface area contributed by atoms with Crippen LogP contribution in [0, 0.1) is 5.92 Å². The molecule has 18 heteroatoms. The first-order valence-corrected chi connectivity index (χ1v) is 23.0. The highest BCUT2D eigenvalue weighted by atomic mass is 16.7. The van der Waals surface area contributed by atoms with E-state index in [1.54, 1.807) is 45.9 Å².